The Morgan fingerprint density at radius 3 is 2.46 bits per heavy atom. The van der Waals surface area contributed by atoms with E-state index in [1.807, 2.05) is 0 Å². The topological polar surface area (TPSA) is 70.3 Å². The predicted molar refractivity (Wildman–Crippen MR) is 82.0 cm³/mol. The van der Waals surface area contributed by atoms with E-state index < -0.39 is 35.4 Å². The second-order valence-electron chi connectivity index (χ2n) is 5.02. The van der Waals surface area contributed by atoms with E-state index in [2.05, 4.69) is 4.74 Å². The van der Waals surface area contributed by atoms with Gasteiger partial charge >= 0.3 is 11.7 Å². The standard InChI is InChI=1S/C16H16F2N2O4/c1-3-24-15(22)13(18)19-9-12(17)14(21)20(16(19)23)10(2)11-7-5-4-6-8-11/h4-10,13H,3H2,1-2H3/t10?,13-/m1/s1. The van der Waals surface area contributed by atoms with Crippen LogP contribution >= 0.6 is 0 Å². The molecule has 1 unspecified atom stereocenters. The van der Waals surface area contributed by atoms with Gasteiger partial charge in [0.25, 0.3) is 11.9 Å². The zero-order valence-electron chi connectivity index (χ0n) is 13.1. The fourth-order valence-corrected chi connectivity index (χ4v) is 2.27. The number of hydrogen-bond acceptors (Lipinski definition) is 4. The van der Waals surface area contributed by atoms with Crippen LogP contribution in [-0.4, -0.2) is 21.7 Å². The summed E-state index contributed by atoms with van der Waals surface area (Å²) in [4.78, 5) is 35.9. The SMILES string of the molecule is CCOC(=O)[C@H](F)n1cc(F)c(=O)n(C(C)c2ccccc2)c1=O. The molecule has 0 aliphatic rings. The van der Waals surface area contributed by atoms with Crippen molar-refractivity contribution in [2.45, 2.75) is 26.2 Å². The average Bonchev–Trinajstić information content (AvgIpc) is 2.58. The van der Waals surface area contributed by atoms with Crippen molar-refractivity contribution in [3.63, 3.8) is 0 Å². The Kier molecular flexibility index (Phi) is 5.28. The van der Waals surface area contributed by atoms with Crippen molar-refractivity contribution in [3.8, 4) is 0 Å². The van der Waals surface area contributed by atoms with Gasteiger partial charge in [-0.2, -0.15) is 4.39 Å². The number of alkyl halides is 1. The third kappa shape index (κ3) is 3.27. The minimum absolute atomic E-state index is 0.101. The summed E-state index contributed by atoms with van der Waals surface area (Å²) in [6, 6.07) is 7.55. The van der Waals surface area contributed by atoms with Crippen LogP contribution in [0.3, 0.4) is 0 Å². The van der Waals surface area contributed by atoms with Crippen LogP contribution in [0.25, 0.3) is 0 Å². The van der Waals surface area contributed by atoms with Gasteiger partial charge in [-0.05, 0) is 19.4 Å². The van der Waals surface area contributed by atoms with Crippen molar-refractivity contribution in [1.82, 2.24) is 9.13 Å². The predicted octanol–water partition coefficient (Wildman–Crippen LogP) is 1.79. The fraction of sp³-hybridized carbons (Fsp3) is 0.312. The molecule has 0 spiro atoms. The first-order chi connectivity index (χ1) is 11.4. The largest absolute Gasteiger partial charge is 0.462 e. The summed E-state index contributed by atoms with van der Waals surface area (Å²) in [5.41, 5.74) is -1.78. The molecule has 0 aliphatic carbocycles. The maximum Gasteiger partial charge on any atom is 0.362 e. The molecule has 0 radical (unpaired) electrons. The Bertz CT molecular complexity index is 845. The zero-order valence-corrected chi connectivity index (χ0v) is 13.1. The number of carbonyl (C=O) groups is 1. The van der Waals surface area contributed by atoms with E-state index in [4.69, 9.17) is 0 Å². The third-order valence-electron chi connectivity index (χ3n) is 3.50. The normalized spacial score (nSPS) is 13.3. The fourth-order valence-electron chi connectivity index (χ4n) is 2.27. The summed E-state index contributed by atoms with van der Waals surface area (Å²) in [7, 11) is 0. The van der Waals surface area contributed by atoms with E-state index in [0.29, 0.717) is 16.3 Å². The Morgan fingerprint density at radius 1 is 1.25 bits per heavy atom. The van der Waals surface area contributed by atoms with Gasteiger partial charge in [-0.15, -0.1) is 0 Å². The average molecular weight is 338 g/mol. The number of hydrogen-bond donors (Lipinski definition) is 0. The number of nitrogens with zero attached hydrogens (tertiary/aromatic N) is 2. The first-order valence-corrected chi connectivity index (χ1v) is 7.27. The van der Waals surface area contributed by atoms with E-state index in [9.17, 15) is 23.2 Å². The monoisotopic (exact) mass is 338 g/mol. The Balaban J connectivity index is 2.59. The minimum atomic E-state index is -2.54. The van der Waals surface area contributed by atoms with Gasteiger partial charge in [0.1, 0.15) is 0 Å². The van der Waals surface area contributed by atoms with Gasteiger partial charge < -0.3 is 4.74 Å². The summed E-state index contributed by atoms with van der Waals surface area (Å²) in [5, 5.41) is 0. The molecule has 0 fully saturated rings. The second-order valence-corrected chi connectivity index (χ2v) is 5.02. The minimum Gasteiger partial charge on any atom is -0.462 e. The molecule has 2 aromatic rings. The first-order valence-electron chi connectivity index (χ1n) is 7.27. The van der Waals surface area contributed by atoms with Crippen LogP contribution in [0, 0.1) is 5.82 Å². The summed E-state index contributed by atoms with van der Waals surface area (Å²) in [6.07, 6.45) is -2.16. The highest BCUT2D eigenvalue weighted by molar-refractivity contribution is 5.72. The van der Waals surface area contributed by atoms with Gasteiger partial charge in [0, 0.05) is 0 Å². The molecule has 0 bridgehead atoms. The Morgan fingerprint density at radius 2 is 1.88 bits per heavy atom. The molecule has 6 nitrogen and oxygen atoms in total. The smallest absolute Gasteiger partial charge is 0.362 e. The quantitative estimate of drug-likeness (QED) is 0.780. The van der Waals surface area contributed by atoms with Crippen LogP contribution in [0.4, 0.5) is 8.78 Å². The summed E-state index contributed by atoms with van der Waals surface area (Å²) in [6.45, 7) is 2.86. The lowest BCUT2D eigenvalue weighted by atomic mass is 10.1. The van der Waals surface area contributed by atoms with Gasteiger partial charge in [0.15, 0.2) is 0 Å². The number of ether oxygens (including phenoxy) is 1. The van der Waals surface area contributed by atoms with E-state index >= 15 is 0 Å². The molecule has 2 atom stereocenters. The molecule has 0 saturated carbocycles. The van der Waals surface area contributed by atoms with Gasteiger partial charge in [0.05, 0.1) is 18.8 Å². The lowest BCUT2D eigenvalue weighted by Gasteiger charge is -2.18. The number of aromatic nitrogens is 2. The Hall–Kier alpha value is -2.77. The summed E-state index contributed by atoms with van der Waals surface area (Å²) < 4.78 is 33.3. The molecule has 24 heavy (non-hydrogen) atoms. The van der Waals surface area contributed by atoms with Crippen LogP contribution < -0.4 is 11.2 Å². The highest BCUT2D eigenvalue weighted by Crippen LogP contribution is 2.15. The van der Waals surface area contributed by atoms with Crippen LogP contribution in [-0.2, 0) is 9.53 Å². The number of benzene rings is 1. The summed E-state index contributed by atoms with van der Waals surface area (Å²) >= 11 is 0. The third-order valence-corrected chi connectivity index (χ3v) is 3.50. The van der Waals surface area contributed by atoms with Crippen molar-refractivity contribution in [2.75, 3.05) is 6.61 Å². The van der Waals surface area contributed by atoms with Crippen LogP contribution in [0.15, 0.2) is 46.1 Å². The molecule has 1 heterocycles. The van der Waals surface area contributed by atoms with Crippen LogP contribution in [0.2, 0.25) is 0 Å². The second kappa shape index (κ2) is 7.20. The van der Waals surface area contributed by atoms with E-state index in [0.717, 1.165) is 0 Å². The molecule has 0 N–H and O–H groups in total. The van der Waals surface area contributed by atoms with Gasteiger partial charge in [-0.25, -0.2) is 14.0 Å². The molecular weight excluding hydrogens is 322 g/mol. The molecule has 128 valence electrons. The van der Waals surface area contributed by atoms with E-state index in [1.165, 1.54) is 13.8 Å². The first kappa shape index (κ1) is 17.6. The number of esters is 1. The number of carbonyl (C=O) groups excluding carboxylic acids is 1. The molecule has 8 heteroatoms. The lowest BCUT2D eigenvalue weighted by molar-refractivity contribution is -0.153. The van der Waals surface area contributed by atoms with Crippen molar-refractivity contribution < 1.29 is 18.3 Å². The van der Waals surface area contributed by atoms with Gasteiger partial charge in [-0.1, -0.05) is 30.3 Å². The molecule has 1 aromatic carbocycles. The molecule has 0 saturated heterocycles. The number of halogens is 2. The van der Waals surface area contributed by atoms with Crippen molar-refractivity contribution in [3.05, 3.63) is 68.7 Å². The van der Waals surface area contributed by atoms with E-state index in [1.54, 1.807) is 30.3 Å². The van der Waals surface area contributed by atoms with E-state index in [-0.39, 0.29) is 11.2 Å². The lowest BCUT2D eigenvalue weighted by Crippen LogP contribution is -2.44. The molecule has 0 amide bonds. The molecular formula is C16H16F2N2O4. The maximum absolute atomic E-state index is 14.1. The highest BCUT2D eigenvalue weighted by atomic mass is 19.1. The zero-order chi connectivity index (χ0) is 17.9. The summed E-state index contributed by atoms with van der Waals surface area (Å²) in [5.74, 6) is -2.68. The van der Waals surface area contributed by atoms with Crippen molar-refractivity contribution in [1.29, 1.82) is 0 Å². The number of rotatable bonds is 5. The highest BCUT2D eigenvalue weighted by Gasteiger charge is 2.26. The van der Waals surface area contributed by atoms with Crippen molar-refractivity contribution in [2.24, 2.45) is 0 Å². The van der Waals surface area contributed by atoms with Crippen LogP contribution in [0.1, 0.15) is 31.7 Å². The van der Waals surface area contributed by atoms with Gasteiger partial charge in [-0.3, -0.25) is 13.9 Å². The van der Waals surface area contributed by atoms with Crippen LogP contribution in [0.5, 0.6) is 0 Å². The molecule has 1 aromatic heterocycles. The molecule has 2 rings (SSSR count). The maximum atomic E-state index is 14.1. The molecule has 0 aliphatic heterocycles. The van der Waals surface area contributed by atoms with Gasteiger partial charge in [0.2, 0.25) is 5.82 Å². The van der Waals surface area contributed by atoms with Crippen molar-refractivity contribution >= 4 is 5.97 Å². The Labute approximate surface area is 135 Å².